The molecule has 3 rings (SSSR count). The normalized spacial score (nSPS) is 12.9. The molecule has 112 valence electrons. The highest BCUT2D eigenvalue weighted by Gasteiger charge is 2.24. The smallest absolute Gasteiger partial charge is 0.316 e. The van der Waals surface area contributed by atoms with Crippen molar-refractivity contribution in [1.82, 2.24) is 4.90 Å². The molecule has 0 unspecified atom stereocenters. The van der Waals surface area contributed by atoms with Gasteiger partial charge in [-0.3, -0.25) is 10.1 Å². The van der Waals surface area contributed by atoms with Gasteiger partial charge in [-0.15, -0.1) is 0 Å². The summed E-state index contributed by atoms with van der Waals surface area (Å²) in [4.78, 5) is 24.5. The molecule has 6 nitrogen and oxygen atoms in total. The van der Waals surface area contributed by atoms with Gasteiger partial charge in [0.2, 0.25) is 0 Å². The number of carbonyl (C=O) groups excluding carboxylic acids is 1. The van der Waals surface area contributed by atoms with E-state index >= 15 is 0 Å². The lowest BCUT2D eigenvalue weighted by Gasteiger charge is -2.17. The quantitative estimate of drug-likeness (QED) is 0.681. The van der Waals surface area contributed by atoms with E-state index in [1.807, 2.05) is 24.3 Å². The van der Waals surface area contributed by atoms with Crippen LogP contribution in [0.5, 0.6) is 0 Å². The van der Waals surface area contributed by atoms with E-state index in [1.54, 1.807) is 24.0 Å². The lowest BCUT2D eigenvalue weighted by molar-refractivity contribution is -0.385. The number of rotatable bonds is 2. The molecule has 0 atom stereocenters. The molecule has 1 N–H and O–H groups in total. The van der Waals surface area contributed by atoms with Gasteiger partial charge in [-0.2, -0.15) is 0 Å². The molecule has 0 saturated carbocycles. The fourth-order valence-electron chi connectivity index (χ4n) is 2.63. The first kappa shape index (κ1) is 14.1. The van der Waals surface area contributed by atoms with Crippen molar-refractivity contribution in [3.05, 3.63) is 69.3 Å². The number of benzene rings is 2. The highest BCUT2D eigenvalue weighted by Crippen LogP contribution is 2.27. The van der Waals surface area contributed by atoms with Crippen LogP contribution in [0.2, 0.25) is 0 Å². The van der Waals surface area contributed by atoms with Crippen molar-refractivity contribution in [3.63, 3.8) is 0 Å². The van der Waals surface area contributed by atoms with E-state index < -0.39 is 4.92 Å². The average Bonchev–Trinajstić information content (AvgIpc) is 2.93. The maximum atomic E-state index is 12.4. The van der Waals surface area contributed by atoms with Gasteiger partial charge in [0, 0.05) is 19.2 Å². The number of urea groups is 1. The van der Waals surface area contributed by atoms with Crippen molar-refractivity contribution in [2.45, 2.75) is 20.0 Å². The maximum Gasteiger partial charge on any atom is 0.322 e. The minimum Gasteiger partial charge on any atom is -0.316 e. The van der Waals surface area contributed by atoms with Crippen LogP contribution in [0.1, 0.15) is 16.7 Å². The molecular weight excluding hydrogens is 282 g/mol. The summed E-state index contributed by atoms with van der Waals surface area (Å²) in [5, 5.41) is 13.7. The average molecular weight is 297 g/mol. The van der Waals surface area contributed by atoms with E-state index in [2.05, 4.69) is 5.32 Å². The van der Waals surface area contributed by atoms with Gasteiger partial charge in [-0.05, 0) is 24.1 Å². The molecule has 2 amide bonds. The van der Waals surface area contributed by atoms with Crippen molar-refractivity contribution in [1.29, 1.82) is 0 Å². The summed E-state index contributed by atoms with van der Waals surface area (Å²) in [6.45, 7) is 2.73. The second kappa shape index (κ2) is 5.48. The maximum absolute atomic E-state index is 12.4. The third kappa shape index (κ3) is 2.50. The van der Waals surface area contributed by atoms with Crippen LogP contribution in [0.25, 0.3) is 0 Å². The van der Waals surface area contributed by atoms with Gasteiger partial charge < -0.3 is 10.2 Å². The number of nitrogens with one attached hydrogen (secondary N) is 1. The Morgan fingerprint density at radius 2 is 1.77 bits per heavy atom. The first-order chi connectivity index (χ1) is 10.6. The van der Waals surface area contributed by atoms with Gasteiger partial charge >= 0.3 is 6.03 Å². The molecule has 22 heavy (non-hydrogen) atoms. The summed E-state index contributed by atoms with van der Waals surface area (Å²) in [5.74, 6) is 0. The van der Waals surface area contributed by atoms with Crippen LogP contribution >= 0.6 is 0 Å². The zero-order valence-corrected chi connectivity index (χ0v) is 12.1. The molecule has 0 aliphatic carbocycles. The van der Waals surface area contributed by atoms with Gasteiger partial charge in [0.05, 0.1) is 16.2 Å². The zero-order valence-electron chi connectivity index (χ0n) is 12.1. The fraction of sp³-hybridized carbons (Fsp3) is 0.188. The first-order valence-corrected chi connectivity index (χ1v) is 6.93. The molecule has 2 aromatic rings. The van der Waals surface area contributed by atoms with Crippen molar-refractivity contribution in [3.8, 4) is 0 Å². The number of fused-ring (bicyclic) bond motifs is 1. The lowest BCUT2D eigenvalue weighted by atomic mass is 10.1. The topological polar surface area (TPSA) is 75.5 Å². The highest BCUT2D eigenvalue weighted by atomic mass is 16.6. The molecule has 0 fully saturated rings. The third-order valence-corrected chi connectivity index (χ3v) is 3.87. The van der Waals surface area contributed by atoms with Gasteiger partial charge in [0.25, 0.3) is 5.69 Å². The summed E-state index contributed by atoms with van der Waals surface area (Å²) in [5.41, 5.74) is 3.19. The first-order valence-electron chi connectivity index (χ1n) is 6.93. The van der Waals surface area contributed by atoms with E-state index in [0.29, 0.717) is 24.3 Å². The van der Waals surface area contributed by atoms with E-state index in [0.717, 1.165) is 11.1 Å². The Morgan fingerprint density at radius 3 is 2.36 bits per heavy atom. The summed E-state index contributed by atoms with van der Waals surface area (Å²) >= 11 is 0. The van der Waals surface area contributed by atoms with Crippen LogP contribution in [0.15, 0.2) is 42.5 Å². The zero-order chi connectivity index (χ0) is 15.7. The number of hydrogen-bond donors (Lipinski definition) is 1. The van der Waals surface area contributed by atoms with Gasteiger partial charge in [-0.1, -0.05) is 30.3 Å². The number of nitrogens with zero attached hydrogens (tertiary/aromatic N) is 2. The molecule has 0 saturated heterocycles. The number of hydrogen-bond acceptors (Lipinski definition) is 3. The predicted molar refractivity (Wildman–Crippen MR) is 82.5 cm³/mol. The molecule has 0 radical (unpaired) electrons. The number of anilines is 1. The molecular formula is C16H15N3O3. The van der Waals surface area contributed by atoms with Gasteiger partial charge in [-0.25, -0.2) is 4.79 Å². The highest BCUT2D eigenvalue weighted by molar-refractivity contribution is 5.91. The monoisotopic (exact) mass is 297 g/mol. The summed E-state index contributed by atoms with van der Waals surface area (Å²) in [7, 11) is 0. The van der Waals surface area contributed by atoms with Crippen LogP contribution in [0, 0.1) is 17.0 Å². The van der Waals surface area contributed by atoms with Crippen LogP contribution < -0.4 is 5.32 Å². The van der Waals surface area contributed by atoms with Gasteiger partial charge in [0.1, 0.15) is 0 Å². The number of carbonyl (C=O) groups is 1. The Bertz CT molecular complexity index is 733. The van der Waals surface area contributed by atoms with E-state index in [1.165, 1.54) is 6.07 Å². The van der Waals surface area contributed by atoms with Crippen molar-refractivity contribution in [2.24, 2.45) is 0 Å². The SMILES string of the molecule is Cc1c(NC(=O)N2Cc3ccccc3C2)cccc1[N+](=O)[O-]. The van der Waals surface area contributed by atoms with Crippen LogP contribution in [-0.4, -0.2) is 15.9 Å². The second-order valence-electron chi connectivity index (χ2n) is 5.26. The Kier molecular flexibility index (Phi) is 3.50. The van der Waals surface area contributed by atoms with E-state index in [9.17, 15) is 14.9 Å². The lowest BCUT2D eigenvalue weighted by Crippen LogP contribution is -2.30. The minimum atomic E-state index is -0.448. The summed E-state index contributed by atoms with van der Waals surface area (Å²) < 4.78 is 0. The second-order valence-corrected chi connectivity index (χ2v) is 5.26. The van der Waals surface area contributed by atoms with Gasteiger partial charge in [0.15, 0.2) is 0 Å². The van der Waals surface area contributed by atoms with Crippen LogP contribution in [-0.2, 0) is 13.1 Å². The molecule has 1 heterocycles. The van der Waals surface area contributed by atoms with Crippen molar-refractivity contribution in [2.75, 3.05) is 5.32 Å². The summed E-state index contributed by atoms with van der Waals surface area (Å²) in [6, 6.07) is 12.3. The molecule has 6 heteroatoms. The molecule has 1 aliphatic rings. The van der Waals surface area contributed by atoms with E-state index in [-0.39, 0.29) is 11.7 Å². The molecule has 0 aromatic heterocycles. The molecule has 2 aromatic carbocycles. The molecule has 1 aliphatic heterocycles. The number of nitro benzene ring substituents is 1. The number of amides is 2. The van der Waals surface area contributed by atoms with Crippen LogP contribution in [0.3, 0.4) is 0 Å². The third-order valence-electron chi connectivity index (χ3n) is 3.87. The largest absolute Gasteiger partial charge is 0.322 e. The Morgan fingerprint density at radius 1 is 1.14 bits per heavy atom. The Labute approximate surface area is 127 Å². The molecule has 0 spiro atoms. The Balaban J connectivity index is 1.76. The standard InChI is InChI=1S/C16H15N3O3/c1-11-14(7-4-8-15(11)19(21)22)17-16(20)18-9-12-5-2-3-6-13(12)10-18/h2-8H,9-10H2,1H3,(H,17,20). The summed E-state index contributed by atoms with van der Waals surface area (Å²) in [6.07, 6.45) is 0. The minimum absolute atomic E-state index is 0.00232. The van der Waals surface area contributed by atoms with Crippen molar-refractivity contribution >= 4 is 17.4 Å². The van der Waals surface area contributed by atoms with Crippen molar-refractivity contribution < 1.29 is 9.72 Å². The van der Waals surface area contributed by atoms with Crippen LogP contribution in [0.4, 0.5) is 16.2 Å². The number of nitro groups is 1. The Hall–Kier alpha value is -2.89. The predicted octanol–water partition coefficient (Wildman–Crippen LogP) is 3.45. The fourth-order valence-corrected chi connectivity index (χ4v) is 2.63. The van der Waals surface area contributed by atoms with E-state index in [4.69, 9.17) is 0 Å². The molecule has 0 bridgehead atoms.